The normalized spacial score (nSPS) is 17.5. The number of β-lactam (4-membered cyclic amide) rings is 1. The van der Waals surface area contributed by atoms with E-state index in [9.17, 15) is 23.2 Å². The summed E-state index contributed by atoms with van der Waals surface area (Å²) < 4.78 is 30.0. The Morgan fingerprint density at radius 1 is 1.26 bits per heavy atom. The molecule has 0 unspecified atom stereocenters. The molecule has 3 N–H and O–H groups in total. The molecule has 0 saturated carbocycles. The van der Waals surface area contributed by atoms with Gasteiger partial charge in [0.25, 0.3) is 5.91 Å². The van der Waals surface area contributed by atoms with Gasteiger partial charge in [-0.25, -0.2) is 18.6 Å². The van der Waals surface area contributed by atoms with Crippen molar-refractivity contribution in [2.24, 2.45) is 13.0 Å². The molecular formula is C27H31F2N7O3. The molecule has 1 aliphatic rings. The number of halogens is 2. The summed E-state index contributed by atoms with van der Waals surface area (Å²) in [7, 11) is 3.23. The van der Waals surface area contributed by atoms with E-state index in [-0.39, 0.29) is 17.8 Å². The van der Waals surface area contributed by atoms with Gasteiger partial charge in [0.1, 0.15) is 11.9 Å². The van der Waals surface area contributed by atoms with Crippen LogP contribution in [0.1, 0.15) is 42.6 Å². The number of urea groups is 1. The number of carbonyl (C=O) groups excluding carboxylic acids is 3. The number of likely N-dealkylation sites (tertiary alicyclic amines) is 1. The molecule has 4 rings (SSSR count). The molecule has 4 amide bonds. The van der Waals surface area contributed by atoms with Gasteiger partial charge in [-0.2, -0.15) is 5.10 Å². The van der Waals surface area contributed by atoms with Crippen LogP contribution in [0, 0.1) is 24.5 Å². The van der Waals surface area contributed by atoms with Gasteiger partial charge in [0.05, 0.1) is 23.8 Å². The molecule has 1 saturated heterocycles. The standard InChI is InChI=1S/C27H31F2N7O3/c1-5-7-21(18-8-6-9-20(28)23(18)29)33-27(39)36-24(26(38)35(4)17-13-31-34(3)14-17)19(25(36)37)11-16-10-15(2)32-22(30)12-16/h6,8-10,12-14,19,21,24H,5,7,11H2,1-4H3,(H2,30,32)(H,33,39)/t19-,21-,24+/m1/s1. The van der Waals surface area contributed by atoms with Crippen molar-refractivity contribution in [2.45, 2.75) is 45.2 Å². The molecule has 0 radical (unpaired) electrons. The SMILES string of the molecule is CCC[C@@H](NC(=O)N1C(=O)[C@H](Cc2cc(C)nc(N)c2)[C@H]1C(=O)N(C)c1cnn(C)c1)c1cccc(F)c1F. The van der Waals surface area contributed by atoms with E-state index in [1.165, 1.54) is 35.0 Å². The molecule has 2 aromatic heterocycles. The molecule has 0 spiro atoms. The maximum Gasteiger partial charge on any atom is 0.325 e. The Kier molecular flexibility index (Phi) is 7.93. The number of carbonyl (C=O) groups is 3. The number of imide groups is 1. The van der Waals surface area contributed by atoms with Gasteiger partial charge in [-0.15, -0.1) is 0 Å². The smallest absolute Gasteiger partial charge is 0.325 e. The highest BCUT2D eigenvalue weighted by atomic mass is 19.2. The van der Waals surface area contributed by atoms with Gasteiger partial charge in [0, 0.05) is 31.5 Å². The largest absolute Gasteiger partial charge is 0.384 e. The molecule has 1 aliphatic heterocycles. The van der Waals surface area contributed by atoms with Crippen LogP contribution in [0.4, 0.5) is 25.1 Å². The van der Waals surface area contributed by atoms with Crippen LogP contribution in [0.25, 0.3) is 0 Å². The molecule has 0 aliphatic carbocycles. The molecule has 12 heteroatoms. The summed E-state index contributed by atoms with van der Waals surface area (Å²) in [6.07, 6.45) is 4.13. The maximum atomic E-state index is 14.6. The summed E-state index contributed by atoms with van der Waals surface area (Å²) in [5.74, 6) is -3.74. The fraction of sp³-hybridized carbons (Fsp3) is 0.370. The van der Waals surface area contributed by atoms with Crippen LogP contribution < -0.4 is 16.0 Å². The third kappa shape index (κ3) is 5.59. The number of anilines is 2. The number of rotatable bonds is 8. The Morgan fingerprint density at radius 3 is 2.64 bits per heavy atom. The maximum absolute atomic E-state index is 14.6. The molecule has 1 aromatic carbocycles. The number of hydrogen-bond acceptors (Lipinski definition) is 6. The summed E-state index contributed by atoms with van der Waals surface area (Å²) >= 11 is 0. The van der Waals surface area contributed by atoms with Crippen LogP contribution in [-0.4, -0.2) is 50.6 Å². The third-order valence-corrected chi connectivity index (χ3v) is 6.82. The van der Waals surface area contributed by atoms with E-state index in [0.717, 1.165) is 11.0 Å². The zero-order chi connectivity index (χ0) is 28.4. The molecule has 0 bridgehead atoms. The number of nitrogens with one attached hydrogen (secondary N) is 1. The topological polar surface area (TPSA) is 126 Å². The Morgan fingerprint density at radius 2 is 2.00 bits per heavy atom. The summed E-state index contributed by atoms with van der Waals surface area (Å²) in [6, 6.07) is 4.21. The molecule has 3 heterocycles. The van der Waals surface area contributed by atoms with Crippen molar-refractivity contribution < 1.29 is 23.2 Å². The number of aromatic nitrogens is 3. The minimum absolute atomic E-state index is 0.0344. The Hall–Kier alpha value is -4.35. The quantitative estimate of drug-likeness (QED) is 0.423. The third-order valence-electron chi connectivity index (χ3n) is 6.82. The molecule has 10 nitrogen and oxygen atoms in total. The lowest BCUT2D eigenvalue weighted by atomic mass is 9.81. The highest BCUT2D eigenvalue weighted by Crippen LogP contribution is 2.34. The van der Waals surface area contributed by atoms with E-state index < -0.39 is 47.5 Å². The average Bonchev–Trinajstić information content (AvgIpc) is 3.31. The van der Waals surface area contributed by atoms with Crippen molar-refractivity contribution in [1.82, 2.24) is 25.0 Å². The van der Waals surface area contributed by atoms with Crippen molar-refractivity contribution >= 4 is 29.4 Å². The second-order valence-corrected chi connectivity index (χ2v) is 9.71. The Labute approximate surface area is 224 Å². The summed E-state index contributed by atoms with van der Waals surface area (Å²) in [5.41, 5.74) is 7.68. The Bertz CT molecular complexity index is 1390. The number of aryl methyl sites for hydroxylation is 2. The summed E-state index contributed by atoms with van der Waals surface area (Å²) in [5, 5.41) is 6.73. The minimum Gasteiger partial charge on any atom is -0.384 e. The fourth-order valence-corrected chi connectivity index (χ4v) is 4.91. The van der Waals surface area contributed by atoms with Gasteiger partial charge in [0.2, 0.25) is 5.91 Å². The van der Waals surface area contributed by atoms with Crippen molar-refractivity contribution in [1.29, 1.82) is 0 Å². The lowest BCUT2D eigenvalue weighted by Gasteiger charge is -2.46. The number of nitrogens with two attached hydrogens (primary N) is 1. The zero-order valence-corrected chi connectivity index (χ0v) is 22.2. The second-order valence-electron chi connectivity index (χ2n) is 9.71. The lowest BCUT2D eigenvalue weighted by molar-refractivity contribution is -0.156. The van der Waals surface area contributed by atoms with Crippen LogP contribution in [0.2, 0.25) is 0 Å². The van der Waals surface area contributed by atoms with Gasteiger partial charge in [-0.1, -0.05) is 25.5 Å². The van der Waals surface area contributed by atoms with Gasteiger partial charge >= 0.3 is 6.03 Å². The van der Waals surface area contributed by atoms with Gasteiger partial charge in [0.15, 0.2) is 11.6 Å². The lowest BCUT2D eigenvalue weighted by Crippen LogP contribution is -2.70. The second kappa shape index (κ2) is 11.2. The van der Waals surface area contributed by atoms with Crippen molar-refractivity contribution in [3.63, 3.8) is 0 Å². The van der Waals surface area contributed by atoms with Crippen LogP contribution in [0.15, 0.2) is 42.7 Å². The number of pyridine rings is 1. The predicted molar refractivity (Wildman–Crippen MR) is 140 cm³/mol. The van der Waals surface area contributed by atoms with Gasteiger partial charge in [-0.3, -0.25) is 19.2 Å². The first-order valence-electron chi connectivity index (χ1n) is 12.6. The van der Waals surface area contributed by atoms with Crippen LogP contribution in [-0.2, 0) is 23.1 Å². The fourth-order valence-electron chi connectivity index (χ4n) is 4.91. The molecule has 1 fully saturated rings. The molecular weight excluding hydrogens is 508 g/mol. The number of benzene rings is 1. The van der Waals surface area contributed by atoms with E-state index in [4.69, 9.17) is 5.73 Å². The average molecular weight is 540 g/mol. The minimum atomic E-state index is -1.14. The van der Waals surface area contributed by atoms with E-state index >= 15 is 0 Å². The Balaban J connectivity index is 1.64. The van der Waals surface area contributed by atoms with E-state index in [0.29, 0.717) is 29.8 Å². The zero-order valence-electron chi connectivity index (χ0n) is 22.2. The van der Waals surface area contributed by atoms with Gasteiger partial charge in [-0.05, 0) is 43.5 Å². The van der Waals surface area contributed by atoms with Crippen molar-refractivity contribution in [3.8, 4) is 0 Å². The summed E-state index contributed by atoms with van der Waals surface area (Å²) in [4.78, 5) is 46.8. The first-order chi connectivity index (χ1) is 18.5. The number of nitrogens with zero attached hydrogens (tertiary/aromatic N) is 5. The predicted octanol–water partition coefficient (Wildman–Crippen LogP) is 3.27. The number of hydrogen-bond donors (Lipinski definition) is 2. The highest BCUT2D eigenvalue weighted by molar-refractivity contribution is 6.12. The van der Waals surface area contributed by atoms with Crippen LogP contribution >= 0.6 is 0 Å². The highest BCUT2D eigenvalue weighted by Gasteiger charge is 2.55. The first-order valence-corrected chi connectivity index (χ1v) is 12.6. The monoisotopic (exact) mass is 539 g/mol. The molecule has 3 atom stereocenters. The number of nitrogen functional groups attached to an aromatic ring is 1. The molecule has 206 valence electrons. The van der Waals surface area contributed by atoms with E-state index in [1.807, 2.05) is 6.92 Å². The van der Waals surface area contributed by atoms with Crippen molar-refractivity contribution in [3.05, 3.63) is 71.2 Å². The molecule has 39 heavy (non-hydrogen) atoms. The van der Waals surface area contributed by atoms with Crippen LogP contribution in [0.3, 0.4) is 0 Å². The van der Waals surface area contributed by atoms with Crippen LogP contribution in [0.5, 0.6) is 0 Å². The number of amides is 4. The van der Waals surface area contributed by atoms with E-state index in [2.05, 4.69) is 15.4 Å². The van der Waals surface area contributed by atoms with Gasteiger partial charge < -0.3 is 16.0 Å². The molecule has 3 aromatic rings. The summed E-state index contributed by atoms with van der Waals surface area (Å²) in [6.45, 7) is 3.60. The number of likely N-dealkylation sites (N-methyl/N-ethyl adjacent to an activating group) is 1. The van der Waals surface area contributed by atoms with E-state index in [1.54, 1.807) is 32.3 Å². The van der Waals surface area contributed by atoms with Crippen molar-refractivity contribution in [2.75, 3.05) is 17.7 Å². The first kappa shape index (κ1) is 27.7.